The van der Waals surface area contributed by atoms with Gasteiger partial charge in [-0.25, -0.2) is 0 Å². The molecule has 0 spiro atoms. The third-order valence-corrected chi connectivity index (χ3v) is 1.67. The van der Waals surface area contributed by atoms with Gasteiger partial charge in [0.1, 0.15) is 0 Å². The van der Waals surface area contributed by atoms with Crippen molar-refractivity contribution >= 4 is 5.97 Å². The van der Waals surface area contributed by atoms with Crippen LogP contribution in [0.4, 0.5) is 0 Å². The Morgan fingerprint density at radius 2 is 1.53 bits per heavy atom. The molecule has 0 fully saturated rings. The van der Waals surface area contributed by atoms with Gasteiger partial charge in [-0.2, -0.15) is 0 Å². The van der Waals surface area contributed by atoms with Crippen molar-refractivity contribution < 1.29 is 58.6 Å². The average molecular weight is 259 g/mol. The Kier molecular flexibility index (Phi) is 14.7. The van der Waals surface area contributed by atoms with Crippen molar-refractivity contribution in [2.24, 2.45) is 0 Å². The zero-order valence-electron chi connectivity index (χ0n) is 10.8. The summed E-state index contributed by atoms with van der Waals surface area (Å²) in [7, 11) is 3.03. The molecule has 0 rings (SSSR count). The molecule has 0 bridgehead atoms. The predicted octanol–water partition coefficient (Wildman–Crippen LogP) is -4.41. The van der Waals surface area contributed by atoms with E-state index in [0.717, 1.165) is 5.23 Å². The molecule has 0 aliphatic carbocycles. The van der Waals surface area contributed by atoms with Crippen molar-refractivity contribution in [2.75, 3.05) is 40.6 Å². The number of carboxylic acid groups (broad SMARTS) is 1. The fourth-order valence-electron chi connectivity index (χ4n) is 0.768. The summed E-state index contributed by atoms with van der Waals surface area (Å²) in [6, 6.07) is -1.01. The quantitative estimate of drug-likeness (QED) is 0.222. The van der Waals surface area contributed by atoms with Gasteiger partial charge in [0.15, 0.2) is 0 Å². The predicted molar refractivity (Wildman–Crippen MR) is 52.0 cm³/mol. The molecule has 0 saturated heterocycles. The number of ether oxygens (including phenoxy) is 2. The van der Waals surface area contributed by atoms with Crippen LogP contribution in [0.25, 0.3) is 0 Å². The summed E-state index contributed by atoms with van der Waals surface area (Å²) >= 11 is 0. The van der Waals surface area contributed by atoms with Crippen molar-refractivity contribution in [1.29, 1.82) is 0 Å². The van der Waals surface area contributed by atoms with E-state index in [1.54, 1.807) is 0 Å². The summed E-state index contributed by atoms with van der Waals surface area (Å²) in [6.45, 7) is 2.46. The third-order valence-electron chi connectivity index (χ3n) is 1.67. The first-order valence-electron chi connectivity index (χ1n) is 4.87. The van der Waals surface area contributed by atoms with Crippen molar-refractivity contribution in [3.05, 3.63) is 0 Å². The number of carboxylic acids is 1. The van der Waals surface area contributed by atoms with E-state index in [0.29, 0.717) is 13.2 Å². The van der Waals surface area contributed by atoms with Crippen LogP contribution in [-0.2, 0) is 23.9 Å². The smallest absolute Gasteiger partial charge is 0.548 e. The third kappa shape index (κ3) is 9.93. The number of rotatable bonds is 10. The Balaban J connectivity index is 0. The summed E-state index contributed by atoms with van der Waals surface area (Å²) in [6.07, 6.45) is 0. The van der Waals surface area contributed by atoms with Gasteiger partial charge in [-0.1, -0.05) is 5.23 Å². The van der Waals surface area contributed by atoms with Crippen molar-refractivity contribution in [3.8, 4) is 0 Å². The van der Waals surface area contributed by atoms with Crippen LogP contribution in [0, 0.1) is 0 Å². The Labute approximate surface area is 123 Å². The summed E-state index contributed by atoms with van der Waals surface area (Å²) in [5, 5.41) is 11.5. The van der Waals surface area contributed by atoms with Crippen LogP contribution in [0.5, 0.6) is 0 Å². The molecule has 1 unspecified atom stereocenters. The van der Waals surface area contributed by atoms with Crippen LogP contribution in [0.15, 0.2) is 0 Å². The molecule has 96 valence electrons. The normalized spacial score (nSPS) is 12.2. The molecule has 0 aromatic heterocycles. The van der Waals surface area contributed by atoms with Crippen molar-refractivity contribution in [3.63, 3.8) is 0 Å². The number of nitrogens with zero attached hydrogens (tertiary/aromatic N) is 1. The summed E-state index contributed by atoms with van der Waals surface area (Å²) in [4.78, 5) is 20.8. The van der Waals surface area contributed by atoms with Gasteiger partial charge in [0.25, 0.3) is 0 Å². The van der Waals surface area contributed by atoms with Crippen LogP contribution >= 0.6 is 0 Å². The standard InChI is InChI=1S/C9H19NO6.Na/c1-8(9(11)12)10(15-6-4-13-2)16-7-5-14-3;/h8H,4-7H2,1-3H3,(H,11,12);/q;+1/p-1. The van der Waals surface area contributed by atoms with Gasteiger partial charge in [0.05, 0.1) is 38.4 Å². The number of aliphatic carboxylic acids is 1. The molecule has 1 atom stereocenters. The minimum atomic E-state index is -1.28. The zero-order valence-corrected chi connectivity index (χ0v) is 12.8. The molecule has 0 aliphatic heterocycles. The van der Waals surface area contributed by atoms with Crippen LogP contribution in [0.2, 0.25) is 0 Å². The Morgan fingerprint density at radius 1 is 1.12 bits per heavy atom. The minimum Gasteiger partial charge on any atom is -0.548 e. The molecule has 0 saturated carbocycles. The van der Waals surface area contributed by atoms with E-state index in [9.17, 15) is 9.90 Å². The largest absolute Gasteiger partial charge is 1.00 e. The van der Waals surface area contributed by atoms with Crippen LogP contribution in [0.3, 0.4) is 0 Å². The first kappa shape index (κ1) is 19.6. The number of hydrogen-bond donors (Lipinski definition) is 0. The van der Waals surface area contributed by atoms with E-state index in [1.165, 1.54) is 21.1 Å². The number of hydroxylamine groups is 2. The van der Waals surface area contributed by atoms with E-state index in [2.05, 4.69) is 0 Å². The van der Waals surface area contributed by atoms with Gasteiger partial charge >= 0.3 is 29.6 Å². The topological polar surface area (TPSA) is 80.3 Å². The maximum Gasteiger partial charge on any atom is 1.00 e. The van der Waals surface area contributed by atoms with Crippen LogP contribution in [0.1, 0.15) is 6.92 Å². The molecule has 0 aromatic rings. The Morgan fingerprint density at radius 3 is 1.82 bits per heavy atom. The maximum atomic E-state index is 10.6. The molecule has 0 heterocycles. The fourth-order valence-corrected chi connectivity index (χ4v) is 0.768. The summed E-state index contributed by atoms with van der Waals surface area (Å²) in [5.74, 6) is -1.28. The number of methoxy groups -OCH3 is 2. The molecule has 0 radical (unpaired) electrons. The van der Waals surface area contributed by atoms with E-state index in [-0.39, 0.29) is 42.8 Å². The first-order chi connectivity index (χ1) is 7.63. The van der Waals surface area contributed by atoms with Crippen molar-refractivity contribution in [1.82, 2.24) is 5.23 Å². The molecular formula is C9H18NNaO6. The SMILES string of the molecule is COCCON(OCCOC)C(C)C(=O)[O-].[Na+]. The molecule has 8 heteroatoms. The zero-order chi connectivity index (χ0) is 12.4. The molecule has 0 aromatic carbocycles. The van der Waals surface area contributed by atoms with Gasteiger partial charge in [-0.3, -0.25) is 9.68 Å². The molecule has 0 amide bonds. The second-order valence-corrected chi connectivity index (χ2v) is 2.93. The molecular weight excluding hydrogens is 241 g/mol. The minimum absolute atomic E-state index is 0. The van der Waals surface area contributed by atoms with Gasteiger partial charge in [-0.05, 0) is 6.92 Å². The summed E-state index contributed by atoms with van der Waals surface area (Å²) < 4.78 is 9.53. The number of hydrogen-bond acceptors (Lipinski definition) is 7. The molecule has 0 N–H and O–H groups in total. The van der Waals surface area contributed by atoms with Gasteiger partial charge in [-0.15, -0.1) is 0 Å². The van der Waals surface area contributed by atoms with Gasteiger partial charge in [0, 0.05) is 14.2 Å². The van der Waals surface area contributed by atoms with E-state index >= 15 is 0 Å². The molecule has 17 heavy (non-hydrogen) atoms. The van der Waals surface area contributed by atoms with E-state index in [4.69, 9.17) is 19.1 Å². The molecule has 7 nitrogen and oxygen atoms in total. The monoisotopic (exact) mass is 259 g/mol. The van der Waals surface area contributed by atoms with Crippen LogP contribution in [-0.4, -0.2) is 57.9 Å². The first-order valence-corrected chi connectivity index (χ1v) is 4.87. The van der Waals surface area contributed by atoms with Gasteiger partial charge < -0.3 is 19.4 Å². The molecule has 0 aliphatic rings. The van der Waals surface area contributed by atoms with Gasteiger partial charge in [0.2, 0.25) is 0 Å². The van der Waals surface area contributed by atoms with Crippen molar-refractivity contribution in [2.45, 2.75) is 13.0 Å². The number of carbonyl (C=O) groups is 1. The Bertz CT molecular complexity index is 184. The summed E-state index contributed by atoms with van der Waals surface area (Å²) in [5.41, 5.74) is 0. The van der Waals surface area contributed by atoms with Crippen LogP contribution < -0.4 is 34.7 Å². The second-order valence-electron chi connectivity index (χ2n) is 2.93. The Hall–Kier alpha value is 0.270. The van der Waals surface area contributed by atoms with E-state index < -0.39 is 12.0 Å². The maximum absolute atomic E-state index is 10.6. The van der Waals surface area contributed by atoms with E-state index in [1.807, 2.05) is 0 Å². The fraction of sp³-hybridized carbons (Fsp3) is 0.889. The second kappa shape index (κ2) is 12.7. The number of carbonyl (C=O) groups excluding carboxylic acids is 1. The average Bonchev–Trinajstić information content (AvgIpc) is 2.26.